The van der Waals surface area contributed by atoms with Crippen LogP contribution in [0.3, 0.4) is 0 Å². The van der Waals surface area contributed by atoms with Crippen LogP contribution in [0.2, 0.25) is 0 Å². The Balaban J connectivity index is 2.39. The maximum atomic E-state index is 11.3. The van der Waals surface area contributed by atoms with Crippen LogP contribution in [0.4, 0.5) is 11.4 Å². The van der Waals surface area contributed by atoms with E-state index in [0.717, 1.165) is 0 Å². The number of benzene rings is 1. The third-order valence-corrected chi connectivity index (χ3v) is 3.47. The fourth-order valence-electron chi connectivity index (χ4n) is 2.31. The number of nitro groups is 1. The van der Waals surface area contributed by atoms with Crippen molar-refractivity contribution in [2.24, 2.45) is 11.1 Å². The van der Waals surface area contributed by atoms with Crippen molar-refractivity contribution in [2.45, 2.75) is 13.8 Å². The summed E-state index contributed by atoms with van der Waals surface area (Å²) >= 11 is 0. The number of hydrogen-bond acceptors (Lipinski definition) is 6. The highest BCUT2D eigenvalue weighted by molar-refractivity contribution is 5.69. The van der Waals surface area contributed by atoms with Crippen molar-refractivity contribution in [3.05, 3.63) is 22.2 Å². The van der Waals surface area contributed by atoms with Gasteiger partial charge in [-0.05, 0) is 12.0 Å². The monoisotopic (exact) mass is 295 g/mol. The minimum absolute atomic E-state index is 0.00886. The molecule has 1 aromatic carbocycles. The van der Waals surface area contributed by atoms with Crippen molar-refractivity contribution in [1.29, 1.82) is 0 Å². The van der Waals surface area contributed by atoms with Crippen LogP contribution in [0.1, 0.15) is 13.8 Å². The van der Waals surface area contributed by atoms with E-state index in [9.17, 15) is 10.1 Å². The highest BCUT2D eigenvalue weighted by Crippen LogP contribution is 2.41. The van der Waals surface area contributed by atoms with E-state index in [1.165, 1.54) is 6.07 Å². The molecule has 0 saturated carbocycles. The zero-order valence-corrected chi connectivity index (χ0v) is 12.6. The quantitative estimate of drug-likeness (QED) is 0.658. The Hall–Kier alpha value is -2.02. The molecule has 0 radical (unpaired) electrons. The third-order valence-electron chi connectivity index (χ3n) is 3.47. The average molecular weight is 295 g/mol. The molecule has 0 atom stereocenters. The van der Waals surface area contributed by atoms with Crippen molar-refractivity contribution in [3.63, 3.8) is 0 Å². The Labute approximate surface area is 123 Å². The Morgan fingerprint density at radius 1 is 1.33 bits per heavy atom. The summed E-state index contributed by atoms with van der Waals surface area (Å²) in [5.41, 5.74) is 6.11. The summed E-state index contributed by atoms with van der Waals surface area (Å²) in [6, 6.07) is 3.09. The number of nitrogens with zero attached hydrogens (tertiary/aromatic N) is 2. The van der Waals surface area contributed by atoms with Gasteiger partial charge >= 0.3 is 0 Å². The lowest BCUT2D eigenvalue weighted by atomic mass is 9.93. The molecule has 116 valence electrons. The molecule has 2 rings (SSSR count). The molecular formula is C14H21N3O4. The van der Waals surface area contributed by atoms with Crippen molar-refractivity contribution >= 4 is 11.4 Å². The van der Waals surface area contributed by atoms with E-state index < -0.39 is 4.92 Å². The van der Waals surface area contributed by atoms with Gasteiger partial charge in [-0.3, -0.25) is 10.1 Å². The number of rotatable bonds is 5. The first-order valence-electron chi connectivity index (χ1n) is 6.83. The first-order chi connectivity index (χ1) is 9.84. The van der Waals surface area contributed by atoms with Gasteiger partial charge in [0.1, 0.15) is 18.9 Å². The molecule has 0 unspecified atom stereocenters. The second-order valence-corrected chi connectivity index (χ2v) is 5.97. The predicted molar refractivity (Wildman–Crippen MR) is 80.2 cm³/mol. The average Bonchev–Trinajstić information content (AvgIpc) is 2.45. The SMILES string of the molecule is CN(CC(C)(C)CN)c1cc2c(cc1[N+](=O)[O-])OCCO2. The first-order valence-corrected chi connectivity index (χ1v) is 6.83. The number of nitrogens with two attached hydrogens (primary N) is 1. The first kappa shape index (κ1) is 15.4. The van der Waals surface area contributed by atoms with Crippen LogP contribution >= 0.6 is 0 Å². The Bertz CT molecular complexity index is 545. The largest absolute Gasteiger partial charge is 0.486 e. The van der Waals surface area contributed by atoms with Gasteiger partial charge in [-0.2, -0.15) is 0 Å². The molecule has 2 N–H and O–H groups in total. The topological polar surface area (TPSA) is 90.9 Å². The van der Waals surface area contributed by atoms with Crippen LogP contribution < -0.4 is 20.1 Å². The summed E-state index contributed by atoms with van der Waals surface area (Å²) in [4.78, 5) is 12.7. The number of anilines is 1. The van der Waals surface area contributed by atoms with Crippen LogP contribution in [-0.4, -0.2) is 38.3 Å². The number of fused-ring (bicyclic) bond motifs is 1. The summed E-state index contributed by atoms with van der Waals surface area (Å²) in [5.74, 6) is 0.961. The second-order valence-electron chi connectivity index (χ2n) is 5.97. The Morgan fingerprint density at radius 2 is 1.90 bits per heavy atom. The summed E-state index contributed by atoms with van der Waals surface area (Å²) in [6.45, 7) is 5.99. The molecule has 1 heterocycles. The molecule has 7 heteroatoms. The van der Waals surface area contributed by atoms with Gasteiger partial charge in [0.05, 0.1) is 11.0 Å². The van der Waals surface area contributed by atoms with E-state index in [4.69, 9.17) is 15.2 Å². The molecule has 0 amide bonds. The fraction of sp³-hybridized carbons (Fsp3) is 0.571. The normalized spacial score (nSPS) is 13.9. The molecule has 7 nitrogen and oxygen atoms in total. The smallest absolute Gasteiger partial charge is 0.296 e. The van der Waals surface area contributed by atoms with Crippen molar-refractivity contribution in [2.75, 3.05) is 38.3 Å². The predicted octanol–water partition coefficient (Wildman–Crippen LogP) is 1.79. The van der Waals surface area contributed by atoms with Gasteiger partial charge < -0.3 is 20.1 Å². The van der Waals surface area contributed by atoms with Gasteiger partial charge in [-0.25, -0.2) is 0 Å². The lowest BCUT2D eigenvalue weighted by Gasteiger charge is -2.30. The van der Waals surface area contributed by atoms with E-state index >= 15 is 0 Å². The summed E-state index contributed by atoms with van der Waals surface area (Å²) < 4.78 is 10.9. The molecule has 0 fully saturated rings. The lowest BCUT2D eigenvalue weighted by molar-refractivity contribution is -0.384. The van der Waals surface area contributed by atoms with Crippen LogP contribution in [0.25, 0.3) is 0 Å². The van der Waals surface area contributed by atoms with Crippen molar-refractivity contribution < 1.29 is 14.4 Å². The summed E-state index contributed by atoms with van der Waals surface area (Å²) in [5, 5.41) is 11.3. The van der Waals surface area contributed by atoms with E-state index in [2.05, 4.69) is 0 Å². The molecule has 1 aliphatic rings. The van der Waals surface area contributed by atoms with E-state index in [-0.39, 0.29) is 11.1 Å². The molecule has 1 aliphatic heterocycles. The third kappa shape index (κ3) is 3.36. The van der Waals surface area contributed by atoms with Gasteiger partial charge in [-0.15, -0.1) is 0 Å². The van der Waals surface area contributed by atoms with Crippen LogP contribution in [0.15, 0.2) is 12.1 Å². The van der Waals surface area contributed by atoms with Gasteiger partial charge in [-0.1, -0.05) is 13.8 Å². The molecule has 0 aliphatic carbocycles. The van der Waals surface area contributed by atoms with Crippen molar-refractivity contribution in [1.82, 2.24) is 0 Å². The van der Waals surface area contributed by atoms with Crippen LogP contribution in [0.5, 0.6) is 11.5 Å². The lowest BCUT2D eigenvalue weighted by Crippen LogP contribution is -2.37. The maximum absolute atomic E-state index is 11.3. The van der Waals surface area contributed by atoms with E-state index in [1.807, 2.05) is 25.8 Å². The minimum atomic E-state index is -0.403. The Morgan fingerprint density at radius 3 is 2.43 bits per heavy atom. The summed E-state index contributed by atoms with van der Waals surface area (Å²) in [7, 11) is 1.82. The summed E-state index contributed by atoms with van der Waals surface area (Å²) in [6.07, 6.45) is 0. The van der Waals surface area contributed by atoms with E-state index in [0.29, 0.717) is 43.5 Å². The molecule has 0 aromatic heterocycles. The number of ether oxygens (including phenoxy) is 2. The molecular weight excluding hydrogens is 274 g/mol. The molecule has 21 heavy (non-hydrogen) atoms. The highest BCUT2D eigenvalue weighted by atomic mass is 16.6. The number of nitro benzene ring substituents is 1. The molecule has 1 aromatic rings. The van der Waals surface area contributed by atoms with Crippen LogP contribution in [0, 0.1) is 15.5 Å². The van der Waals surface area contributed by atoms with Crippen LogP contribution in [-0.2, 0) is 0 Å². The Kier molecular flexibility index (Phi) is 4.22. The second kappa shape index (κ2) is 5.77. The standard InChI is InChI=1S/C14H21N3O4/c1-14(2,8-15)9-16(3)10-6-12-13(21-5-4-20-12)7-11(10)17(18)19/h6-7H,4-5,8-9,15H2,1-3H3. The fourth-order valence-corrected chi connectivity index (χ4v) is 2.31. The maximum Gasteiger partial charge on any atom is 0.296 e. The van der Waals surface area contributed by atoms with E-state index in [1.54, 1.807) is 6.07 Å². The van der Waals surface area contributed by atoms with Gasteiger partial charge in [0.25, 0.3) is 5.69 Å². The number of hydrogen-bond donors (Lipinski definition) is 1. The molecule has 0 bridgehead atoms. The zero-order chi connectivity index (χ0) is 15.6. The molecule has 0 saturated heterocycles. The van der Waals surface area contributed by atoms with Gasteiger partial charge in [0.2, 0.25) is 0 Å². The molecule has 0 spiro atoms. The van der Waals surface area contributed by atoms with Gasteiger partial charge in [0.15, 0.2) is 11.5 Å². The van der Waals surface area contributed by atoms with Gasteiger partial charge in [0, 0.05) is 19.7 Å². The highest BCUT2D eigenvalue weighted by Gasteiger charge is 2.27. The minimum Gasteiger partial charge on any atom is -0.486 e. The van der Waals surface area contributed by atoms with Crippen molar-refractivity contribution in [3.8, 4) is 11.5 Å². The zero-order valence-electron chi connectivity index (χ0n) is 12.6.